The Hall–Kier alpha value is -3.78. The number of methoxy groups -OCH3 is 1. The van der Waals surface area contributed by atoms with Gasteiger partial charge in [0.15, 0.2) is 11.0 Å². The van der Waals surface area contributed by atoms with Crippen LogP contribution in [-0.2, 0) is 5.75 Å². The zero-order chi connectivity index (χ0) is 22.1. The first-order chi connectivity index (χ1) is 15.6. The molecule has 8 heteroatoms. The van der Waals surface area contributed by atoms with Crippen LogP contribution in [0.5, 0.6) is 5.75 Å². The molecule has 7 nitrogen and oxygen atoms in total. The molecule has 0 aliphatic heterocycles. The van der Waals surface area contributed by atoms with Crippen molar-refractivity contribution in [1.29, 1.82) is 0 Å². The molecule has 0 radical (unpaired) electrons. The van der Waals surface area contributed by atoms with Crippen LogP contribution in [0.4, 0.5) is 0 Å². The molecule has 0 N–H and O–H groups in total. The molecule has 0 fully saturated rings. The predicted molar refractivity (Wildman–Crippen MR) is 122 cm³/mol. The minimum absolute atomic E-state index is 0.402. The second-order valence-corrected chi connectivity index (χ2v) is 8.05. The zero-order valence-electron chi connectivity index (χ0n) is 17.4. The molecule has 0 aliphatic rings. The number of furan rings is 1. The highest BCUT2D eigenvalue weighted by Gasteiger charge is 2.19. The Morgan fingerprint density at radius 2 is 1.91 bits per heavy atom. The lowest BCUT2D eigenvalue weighted by molar-refractivity contribution is 0.414. The van der Waals surface area contributed by atoms with Gasteiger partial charge >= 0.3 is 5.63 Å². The van der Waals surface area contributed by atoms with Gasteiger partial charge in [0.05, 0.1) is 18.9 Å². The van der Waals surface area contributed by atoms with Gasteiger partial charge < -0.3 is 13.6 Å². The summed E-state index contributed by atoms with van der Waals surface area (Å²) in [5, 5.41) is 10.5. The number of ether oxygens (including phenoxy) is 1. The molecule has 0 atom stereocenters. The Labute approximate surface area is 187 Å². The molecule has 5 aromatic rings. The number of thioether (sulfide) groups is 1. The van der Waals surface area contributed by atoms with Crippen molar-refractivity contribution in [2.24, 2.45) is 0 Å². The van der Waals surface area contributed by atoms with Crippen LogP contribution in [0.2, 0.25) is 0 Å². The van der Waals surface area contributed by atoms with Gasteiger partial charge in [0.25, 0.3) is 0 Å². The summed E-state index contributed by atoms with van der Waals surface area (Å²) >= 11 is 1.50. The lowest BCUT2D eigenvalue weighted by atomic mass is 10.1. The van der Waals surface area contributed by atoms with E-state index < -0.39 is 5.63 Å². The molecule has 160 valence electrons. The average Bonchev–Trinajstić information content (AvgIpc) is 3.43. The van der Waals surface area contributed by atoms with Gasteiger partial charge in [-0.25, -0.2) is 4.79 Å². The van der Waals surface area contributed by atoms with Gasteiger partial charge in [-0.15, -0.1) is 10.2 Å². The maximum atomic E-state index is 12.1. The first-order valence-corrected chi connectivity index (χ1v) is 10.9. The highest BCUT2D eigenvalue weighted by Crippen LogP contribution is 2.33. The SMILES string of the molecule is COc1ccc2c(CSc3nnc(-c4ccoc4C)n3-c3ccccc3)cc(=O)oc2c1. The molecule has 0 amide bonds. The van der Waals surface area contributed by atoms with Gasteiger partial charge in [0.2, 0.25) is 0 Å². The molecule has 0 spiro atoms. The van der Waals surface area contributed by atoms with Crippen LogP contribution in [0.3, 0.4) is 0 Å². The highest BCUT2D eigenvalue weighted by atomic mass is 32.2. The maximum Gasteiger partial charge on any atom is 0.336 e. The van der Waals surface area contributed by atoms with E-state index in [-0.39, 0.29) is 0 Å². The minimum Gasteiger partial charge on any atom is -0.497 e. The van der Waals surface area contributed by atoms with Crippen LogP contribution in [0, 0.1) is 6.92 Å². The van der Waals surface area contributed by atoms with Crippen molar-refractivity contribution in [3.05, 3.63) is 88.7 Å². The van der Waals surface area contributed by atoms with E-state index in [1.807, 2.05) is 60.0 Å². The third kappa shape index (κ3) is 3.69. The lowest BCUT2D eigenvalue weighted by Crippen LogP contribution is -2.02. The standard InChI is InChI=1S/C24H19N3O4S/c1-15-19(10-11-30-15)23-25-26-24(27(23)17-6-4-3-5-7-17)32-14-16-12-22(28)31-21-13-18(29-2)8-9-20(16)21/h3-13H,14H2,1-2H3. The van der Waals surface area contributed by atoms with E-state index in [1.165, 1.54) is 17.8 Å². The Bertz CT molecular complexity index is 1450. The number of rotatable bonds is 6. The monoisotopic (exact) mass is 445 g/mol. The van der Waals surface area contributed by atoms with Gasteiger partial charge in [-0.05, 0) is 42.8 Å². The Morgan fingerprint density at radius 1 is 1.06 bits per heavy atom. The third-order valence-electron chi connectivity index (χ3n) is 5.14. The molecule has 0 saturated heterocycles. The summed E-state index contributed by atoms with van der Waals surface area (Å²) in [5.41, 5.74) is 2.77. The van der Waals surface area contributed by atoms with Crippen molar-refractivity contribution < 1.29 is 13.6 Å². The van der Waals surface area contributed by atoms with Crippen LogP contribution in [-0.4, -0.2) is 21.9 Å². The summed E-state index contributed by atoms with van der Waals surface area (Å²) in [6, 6.07) is 18.8. The number of benzene rings is 2. The molecular weight excluding hydrogens is 426 g/mol. The molecule has 0 unspecified atom stereocenters. The van der Waals surface area contributed by atoms with Crippen molar-refractivity contribution >= 4 is 22.7 Å². The normalized spacial score (nSPS) is 11.2. The summed E-state index contributed by atoms with van der Waals surface area (Å²) in [5.74, 6) is 2.62. The van der Waals surface area contributed by atoms with E-state index in [2.05, 4.69) is 10.2 Å². The predicted octanol–water partition coefficient (Wildman–Crippen LogP) is 5.24. The number of hydrogen-bond acceptors (Lipinski definition) is 7. The van der Waals surface area contributed by atoms with Gasteiger partial charge in [-0.2, -0.15) is 0 Å². The second kappa shape index (κ2) is 8.39. The first kappa shape index (κ1) is 20.1. The van der Waals surface area contributed by atoms with E-state index >= 15 is 0 Å². The molecular formula is C24H19N3O4S. The molecule has 0 aliphatic carbocycles. The molecule has 32 heavy (non-hydrogen) atoms. The van der Waals surface area contributed by atoms with Crippen molar-refractivity contribution in [1.82, 2.24) is 14.8 Å². The van der Waals surface area contributed by atoms with Gasteiger partial charge in [0.1, 0.15) is 17.1 Å². The number of nitrogens with zero attached hydrogens (tertiary/aromatic N) is 3. The van der Waals surface area contributed by atoms with Crippen molar-refractivity contribution in [3.8, 4) is 22.8 Å². The van der Waals surface area contributed by atoms with Gasteiger partial charge in [0, 0.05) is 29.0 Å². The fourth-order valence-electron chi connectivity index (χ4n) is 3.56. The second-order valence-electron chi connectivity index (χ2n) is 7.11. The van der Waals surface area contributed by atoms with Crippen LogP contribution >= 0.6 is 11.8 Å². The maximum absolute atomic E-state index is 12.1. The molecule has 0 bridgehead atoms. The van der Waals surface area contributed by atoms with E-state index in [0.717, 1.165) is 28.0 Å². The van der Waals surface area contributed by atoms with Gasteiger partial charge in [-0.3, -0.25) is 4.57 Å². The Kier molecular flexibility index (Phi) is 5.28. The van der Waals surface area contributed by atoms with Crippen molar-refractivity contribution in [2.75, 3.05) is 7.11 Å². The van der Waals surface area contributed by atoms with Crippen LogP contribution < -0.4 is 10.4 Å². The quantitative estimate of drug-likeness (QED) is 0.261. The highest BCUT2D eigenvalue weighted by molar-refractivity contribution is 7.98. The Balaban J connectivity index is 1.55. The van der Waals surface area contributed by atoms with Gasteiger partial charge in [-0.1, -0.05) is 30.0 Å². The summed E-state index contributed by atoms with van der Waals surface area (Å²) in [7, 11) is 1.58. The number of aryl methyl sites for hydroxylation is 1. The summed E-state index contributed by atoms with van der Waals surface area (Å²) in [4.78, 5) is 12.1. The molecule has 3 aromatic heterocycles. The summed E-state index contributed by atoms with van der Waals surface area (Å²) < 4.78 is 18.1. The minimum atomic E-state index is -0.402. The largest absolute Gasteiger partial charge is 0.497 e. The first-order valence-electron chi connectivity index (χ1n) is 9.93. The van der Waals surface area contributed by atoms with Crippen LogP contribution in [0.25, 0.3) is 28.0 Å². The van der Waals surface area contributed by atoms with E-state index in [9.17, 15) is 4.79 Å². The smallest absolute Gasteiger partial charge is 0.336 e. The molecule has 0 saturated carbocycles. The molecule has 3 heterocycles. The van der Waals surface area contributed by atoms with E-state index in [1.54, 1.807) is 19.4 Å². The zero-order valence-corrected chi connectivity index (χ0v) is 18.3. The van der Waals surface area contributed by atoms with Crippen molar-refractivity contribution in [2.45, 2.75) is 17.8 Å². The average molecular weight is 446 g/mol. The molecule has 2 aromatic carbocycles. The van der Waals surface area contributed by atoms with Crippen LogP contribution in [0.15, 0.2) is 85.7 Å². The van der Waals surface area contributed by atoms with E-state index in [4.69, 9.17) is 13.6 Å². The third-order valence-corrected chi connectivity index (χ3v) is 6.12. The number of aromatic nitrogens is 3. The summed E-state index contributed by atoms with van der Waals surface area (Å²) in [6.45, 7) is 1.90. The number of fused-ring (bicyclic) bond motifs is 1. The molecule has 5 rings (SSSR count). The Morgan fingerprint density at radius 3 is 2.66 bits per heavy atom. The number of para-hydroxylation sites is 1. The summed E-state index contributed by atoms with van der Waals surface area (Å²) in [6.07, 6.45) is 1.64. The lowest BCUT2D eigenvalue weighted by Gasteiger charge is -2.10. The number of hydrogen-bond donors (Lipinski definition) is 0. The fourth-order valence-corrected chi connectivity index (χ4v) is 4.51. The topological polar surface area (TPSA) is 83.3 Å². The van der Waals surface area contributed by atoms with Crippen LogP contribution in [0.1, 0.15) is 11.3 Å². The van der Waals surface area contributed by atoms with Crippen molar-refractivity contribution in [3.63, 3.8) is 0 Å². The fraction of sp³-hybridized carbons (Fsp3) is 0.125. The van der Waals surface area contributed by atoms with E-state index in [0.29, 0.717) is 28.1 Å².